The van der Waals surface area contributed by atoms with Crippen LogP contribution in [0.3, 0.4) is 0 Å². The van der Waals surface area contributed by atoms with E-state index < -0.39 is 11.4 Å². The Hall–Kier alpha value is -2.69. The van der Waals surface area contributed by atoms with Crippen LogP contribution in [0.15, 0.2) is 42.5 Å². The fourth-order valence-electron chi connectivity index (χ4n) is 4.63. The van der Waals surface area contributed by atoms with Crippen molar-refractivity contribution < 1.29 is 19.1 Å². The fourth-order valence-corrected chi connectivity index (χ4v) is 4.63. The standard InChI is InChI=1S/C22H22FNO3/c23-18-6-2-1-5-17(18)22(11-3-4-12-22)21(27)24-19-10-9-14-7-8-15(20(25)26)13-16(14)19/h1-2,5-8,13,19H,3-4,9-12H2,(H,24,27)(H,25,26). The molecule has 4 rings (SSSR count). The van der Waals surface area contributed by atoms with E-state index in [0.717, 1.165) is 36.8 Å². The molecule has 2 aromatic rings. The summed E-state index contributed by atoms with van der Waals surface area (Å²) < 4.78 is 14.5. The van der Waals surface area contributed by atoms with Crippen molar-refractivity contribution in [2.75, 3.05) is 0 Å². The van der Waals surface area contributed by atoms with Crippen LogP contribution in [-0.4, -0.2) is 17.0 Å². The molecule has 2 aromatic carbocycles. The van der Waals surface area contributed by atoms with Gasteiger partial charge in [-0.05, 0) is 55.0 Å². The van der Waals surface area contributed by atoms with Gasteiger partial charge in [-0.15, -0.1) is 0 Å². The quantitative estimate of drug-likeness (QED) is 0.853. The summed E-state index contributed by atoms with van der Waals surface area (Å²) in [6, 6.07) is 11.4. The number of amides is 1. The normalized spacial score (nSPS) is 20.3. The highest BCUT2D eigenvalue weighted by atomic mass is 19.1. The molecule has 0 saturated heterocycles. The lowest BCUT2D eigenvalue weighted by atomic mass is 9.77. The minimum atomic E-state index is -0.978. The third-order valence-electron chi connectivity index (χ3n) is 6.06. The maximum absolute atomic E-state index is 14.5. The van der Waals surface area contributed by atoms with E-state index in [0.29, 0.717) is 18.4 Å². The third kappa shape index (κ3) is 3.01. The molecule has 0 radical (unpaired) electrons. The highest BCUT2D eigenvalue weighted by Gasteiger charge is 2.45. The monoisotopic (exact) mass is 367 g/mol. The Balaban J connectivity index is 1.64. The fraction of sp³-hybridized carbons (Fsp3) is 0.364. The van der Waals surface area contributed by atoms with Crippen LogP contribution in [0.4, 0.5) is 4.39 Å². The first kappa shape index (κ1) is 17.7. The lowest BCUT2D eigenvalue weighted by Gasteiger charge is -2.30. The number of carbonyl (C=O) groups excluding carboxylic acids is 1. The summed E-state index contributed by atoms with van der Waals surface area (Å²) in [7, 11) is 0. The zero-order chi connectivity index (χ0) is 19.0. The molecule has 1 amide bonds. The van der Waals surface area contributed by atoms with Crippen LogP contribution in [0.5, 0.6) is 0 Å². The molecule has 2 N–H and O–H groups in total. The molecule has 1 unspecified atom stereocenters. The molecular formula is C22H22FNO3. The van der Waals surface area contributed by atoms with Crippen LogP contribution in [0.1, 0.15) is 65.2 Å². The molecular weight excluding hydrogens is 345 g/mol. The van der Waals surface area contributed by atoms with E-state index in [1.165, 1.54) is 6.07 Å². The number of fused-ring (bicyclic) bond motifs is 1. The van der Waals surface area contributed by atoms with Gasteiger partial charge in [0.2, 0.25) is 5.91 Å². The van der Waals surface area contributed by atoms with Gasteiger partial charge < -0.3 is 10.4 Å². The van der Waals surface area contributed by atoms with Crippen LogP contribution in [0.2, 0.25) is 0 Å². The van der Waals surface area contributed by atoms with E-state index in [-0.39, 0.29) is 23.3 Å². The molecule has 4 nitrogen and oxygen atoms in total. The Labute approximate surface area is 157 Å². The molecule has 1 fully saturated rings. The Bertz CT molecular complexity index is 902. The first-order valence-electron chi connectivity index (χ1n) is 9.43. The number of carboxylic acids is 1. The number of nitrogens with one attached hydrogen (secondary N) is 1. The highest BCUT2D eigenvalue weighted by molar-refractivity contribution is 5.90. The highest BCUT2D eigenvalue weighted by Crippen LogP contribution is 2.43. The van der Waals surface area contributed by atoms with Crippen molar-refractivity contribution in [3.8, 4) is 0 Å². The topological polar surface area (TPSA) is 66.4 Å². The number of carboxylic acid groups (broad SMARTS) is 1. The maximum atomic E-state index is 14.5. The number of halogens is 1. The Morgan fingerprint density at radius 3 is 2.56 bits per heavy atom. The number of aromatic carboxylic acids is 1. The lowest BCUT2D eigenvalue weighted by Crippen LogP contribution is -2.44. The Kier molecular flexibility index (Phi) is 4.46. The second-order valence-electron chi connectivity index (χ2n) is 7.55. The van der Waals surface area contributed by atoms with Gasteiger partial charge in [0.15, 0.2) is 0 Å². The average Bonchev–Trinajstić information content (AvgIpc) is 3.30. The molecule has 2 aliphatic rings. The summed E-state index contributed by atoms with van der Waals surface area (Å²) in [6.45, 7) is 0. The first-order chi connectivity index (χ1) is 13.0. The second-order valence-corrected chi connectivity index (χ2v) is 7.55. The lowest BCUT2D eigenvalue weighted by molar-refractivity contribution is -0.127. The van der Waals surface area contributed by atoms with Gasteiger partial charge in [-0.3, -0.25) is 4.79 Å². The van der Waals surface area contributed by atoms with Gasteiger partial charge in [0.25, 0.3) is 0 Å². The predicted molar refractivity (Wildman–Crippen MR) is 99.2 cm³/mol. The van der Waals surface area contributed by atoms with E-state index in [2.05, 4.69) is 5.32 Å². The van der Waals surface area contributed by atoms with Crippen LogP contribution < -0.4 is 5.32 Å². The van der Waals surface area contributed by atoms with Crippen molar-refractivity contribution in [1.82, 2.24) is 5.32 Å². The molecule has 27 heavy (non-hydrogen) atoms. The van der Waals surface area contributed by atoms with E-state index in [1.54, 1.807) is 30.3 Å². The summed E-state index contributed by atoms with van der Waals surface area (Å²) in [4.78, 5) is 24.6. The molecule has 2 aliphatic carbocycles. The zero-order valence-electron chi connectivity index (χ0n) is 15.0. The van der Waals surface area contributed by atoms with Crippen LogP contribution >= 0.6 is 0 Å². The summed E-state index contributed by atoms with van der Waals surface area (Å²) in [5, 5.41) is 12.4. The van der Waals surface area contributed by atoms with E-state index in [9.17, 15) is 19.1 Å². The van der Waals surface area contributed by atoms with Gasteiger partial charge in [-0.25, -0.2) is 9.18 Å². The average molecular weight is 367 g/mol. The number of benzene rings is 2. The molecule has 0 spiro atoms. The molecule has 140 valence electrons. The number of aryl methyl sites for hydroxylation is 1. The number of rotatable bonds is 4. The second kappa shape index (κ2) is 6.80. The van der Waals surface area contributed by atoms with Crippen LogP contribution in [0, 0.1) is 5.82 Å². The zero-order valence-corrected chi connectivity index (χ0v) is 15.0. The van der Waals surface area contributed by atoms with Gasteiger partial charge in [0.1, 0.15) is 5.82 Å². The van der Waals surface area contributed by atoms with Gasteiger partial charge in [-0.2, -0.15) is 0 Å². The molecule has 0 aliphatic heterocycles. The molecule has 0 heterocycles. The van der Waals surface area contributed by atoms with Crippen LogP contribution in [0.25, 0.3) is 0 Å². The van der Waals surface area contributed by atoms with Crippen molar-refractivity contribution in [1.29, 1.82) is 0 Å². The van der Waals surface area contributed by atoms with Gasteiger partial charge in [-0.1, -0.05) is 37.1 Å². The minimum absolute atomic E-state index is 0.149. The van der Waals surface area contributed by atoms with Crippen molar-refractivity contribution in [3.05, 3.63) is 70.5 Å². The summed E-state index contributed by atoms with van der Waals surface area (Å²) in [5.74, 6) is -1.47. The summed E-state index contributed by atoms with van der Waals surface area (Å²) in [5.41, 5.74) is 1.79. The number of hydrogen-bond donors (Lipinski definition) is 2. The molecule has 0 aromatic heterocycles. The SMILES string of the molecule is O=C(O)c1ccc2c(c1)C(NC(=O)C1(c3ccccc3F)CCCC1)CC2. The van der Waals surface area contributed by atoms with Crippen molar-refractivity contribution in [2.45, 2.75) is 50.0 Å². The van der Waals surface area contributed by atoms with Crippen molar-refractivity contribution in [2.24, 2.45) is 0 Å². The Morgan fingerprint density at radius 1 is 1.11 bits per heavy atom. The Morgan fingerprint density at radius 2 is 1.85 bits per heavy atom. The number of hydrogen-bond acceptors (Lipinski definition) is 2. The van der Waals surface area contributed by atoms with E-state index in [1.807, 2.05) is 6.07 Å². The van der Waals surface area contributed by atoms with Gasteiger partial charge in [0.05, 0.1) is 17.0 Å². The van der Waals surface area contributed by atoms with Gasteiger partial charge in [0, 0.05) is 5.56 Å². The van der Waals surface area contributed by atoms with Crippen molar-refractivity contribution >= 4 is 11.9 Å². The minimum Gasteiger partial charge on any atom is -0.478 e. The largest absolute Gasteiger partial charge is 0.478 e. The maximum Gasteiger partial charge on any atom is 0.335 e. The molecule has 5 heteroatoms. The van der Waals surface area contributed by atoms with Crippen molar-refractivity contribution in [3.63, 3.8) is 0 Å². The third-order valence-corrected chi connectivity index (χ3v) is 6.06. The number of carbonyl (C=O) groups is 2. The van der Waals surface area contributed by atoms with Crippen LogP contribution in [-0.2, 0) is 16.6 Å². The smallest absolute Gasteiger partial charge is 0.335 e. The predicted octanol–water partition coefficient (Wildman–Crippen LogP) is 4.14. The van der Waals surface area contributed by atoms with E-state index >= 15 is 0 Å². The summed E-state index contributed by atoms with van der Waals surface area (Å²) in [6.07, 6.45) is 4.59. The molecule has 1 saturated carbocycles. The first-order valence-corrected chi connectivity index (χ1v) is 9.43. The van der Waals surface area contributed by atoms with Gasteiger partial charge >= 0.3 is 5.97 Å². The van der Waals surface area contributed by atoms with E-state index in [4.69, 9.17) is 0 Å². The molecule has 0 bridgehead atoms. The summed E-state index contributed by atoms with van der Waals surface area (Å²) >= 11 is 0. The molecule has 1 atom stereocenters.